The molecule has 4 nitrogen and oxygen atoms in total. The number of nitriles is 1. The number of nitrogens with one attached hydrogen (secondary N) is 2. The SMILES string of the molecule is Cc1cc(C)c(NC(=O)/C(C#N)=C\NCCCl)c(C)c1. The van der Waals surface area contributed by atoms with E-state index in [-0.39, 0.29) is 5.57 Å². The normalized spacial score (nSPS) is 10.8. The third kappa shape index (κ3) is 4.29. The van der Waals surface area contributed by atoms with Crippen molar-refractivity contribution in [3.8, 4) is 6.07 Å². The van der Waals surface area contributed by atoms with Crippen LogP contribution >= 0.6 is 11.6 Å². The van der Waals surface area contributed by atoms with Gasteiger partial charge in [0.15, 0.2) is 0 Å². The number of anilines is 1. The Balaban J connectivity index is 2.90. The summed E-state index contributed by atoms with van der Waals surface area (Å²) in [6, 6.07) is 5.86. The molecule has 1 amide bonds. The summed E-state index contributed by atoms with van der Waals surface area (Å²) in [5, 5.41) is 14.6. The first-order valence-electron chi connectivity index (χ1n) is 6.28. The van der Waals surface area contributed by atoms with Crippen LogP contribution < -0.4 is 10.6 Å². The zero-order chi connectivity index (χ0) is 15.1. The minimum absolute atomic E-state index is 0.0227. The van der Waals surface area contributed by atoms with Crippen LogP contribution in [0.3, 0.4) is 0 Å². The summed E-state index contributed by atoms with van der Waals surface area (Å²) >= 11 is 5.52. The quantitative estimate of drug-likeness (QED) is 0.379. The molecule has 1 aromatic carbocycles. The number of hydrogen-bond donors (Lipinski definition) is 2. The molecule has 0 saturated heterocycles. The van der Waals surface area contributed by atoms with Crippen LogP contribution in [-0.4, -0.2) is 18.3 Å². The molecule has 1 aromatic rings. The maximum absolute atomic E-state index is 12.1. The first kappa shape index (κ1) is 16.1. The lowest BCUT2D eigenvalue weighted by Crippen LogP contribution is -2.18. The number of carbonyl (C=O) groups is 1. The van der Waals surface area contributed by atoms with E-state index in [1.165, 1.54) is 6.20 Å². The van der Waals surface area contributed by atoms with Gasteiger partial charge in [0.1, 0.15) is 11.6 Å². The number of halogens is 1. The van der Waals surface area contributed by atoms with E-state index in [9.17, 15) is 4.79 Å². The standard InChI is InChI=1S/C15H18ClN3O/c1-10-6-11(2)14(12(3)7-10)19-15(20)13(8-17)9-18-5-4-16/h6-7,9,18H,4-5H2,1-3H3,(H,19,20)/b13-9-. The van der Waals surface area contributed by atoms with E-state index >= 15 is 0 Å². The number of amides is 1. The van der Waals surface area contributed by atoms with E-state index in [1.807, 2.05) is 39.0 Å². The Hall–Kier alpha value is -1.99. The van der Waals surface area contributed by atoms with Gasteiger partial charge in [-0.2, -0.15) is 5.26 Å². The molecule has 106 valence electrons. The maximum Gasteiger partial charge on any atom is 0.267 e. The lowest BCUT2D eigenvalue weighted by atomic mass is 10.0. The Morgan fingerprint density at radius 2 is 1.95 bits per heavy atom. The third-order valence-corrected chi connectivity index (χ3v) is 2.95. The van der Waals surface area contributed by atoms with Gasteiger partial charge in [-0.15, -0.1) is 11.6 Å². The second kappa shape index (κ2) is 7.56. The van der Waals surface area contributed by atoms with Crippen molar-refractivity contribution in [2.75, 3.05) is 17.7 Å². The Morgan fingerprint density at radius 1 is 1.35 bits per heavy atom. The summed E-state index contributed by atoms with van der Waals surface area (Å²) in [4.78, 5) is 12.1. The average Bonchev–Trinajstić information content (AvgIpc) is 2.38. The zero-order valence-corrected chi connectivity index (χ0v) is 12.6. The summed E-state index contributed by atoms with van der Waals surface area (Å²) in [7, 11) is 0. The molecule has 0 heterocycles. The number of hydrogen-bond acceptors (Lipinski definition) is 3. The van der Waals surface area contributed by atoms with E-state index in [1.54, 1.807) is 0 Å². The molecule has 20 heavy (non-hydrogen) atoms. The average molecular weight is 292 g/mol. The number of alkyl halides is 1. The van der Waals surface area contributed by atoms with Gasteiger partial charge in [-0.3, -0.25) is 4.79 Å². The van der Waals surface area contributed by atoms with Crippen molar-refractivity contribution in [2.45, 2.75) is 20.8 Å². The minimum atomic E-state index is -0.426. The molecule has 0 aliphatic rings. The van der Waals surface area contributed by atoms with Crippen molar-refractivity contribution >= 4 is 23.2 Å². The smallest absolute Gasteiger partial charge is 0.267 e. The molecule has 0 aromatic heterocycles. The Labute approximate surface area is 124 Å². The highest BCUT2D eigenvalue weighted by atomic mass is 35.5. The molecule has 5 heteroatoms. The van der Waals surface area contributed by atoms with Gasteiger partial charge >= 0.3 is 0 Å². The molecular weight excluding hydrogens is 274 g/mol. The fourth-order valence-corrected chi connectivity index (χ4v) is 2.04. The Bertz CT molecular complexity index is 550. The van der Waals surface area contributed by atoms with Crippen LogP contribution in [0.4, 0.5) is 5.69 Å². The molecule has 0 fully saturated rings. The fourth-order valence-electron chi connectivity index (χ4n) is 1.94. The van der Waals surface area contributed by atoms with Crippen molar-refractivity contribution < 1.29 is 4.79 Å². The molecule has 0 atom stereocenters. The fraction of sp³-hybridized carbons (Fsp3) is 0.333. The molecule has 2 N–H and O–H groups in total. The predicted molar refractivity (Wildman–Crippen MR) is 81.7 cm³/mol. The van der Waals surface area contributed by atoms with Crippen LogP contribution in [0.5, 0.6) is 0 Å². The number of carbonyl (C=O) groups excluding carboxylic acids is 1. The van der Waals surface area contributed by atoms with Crippen LogP contribution in [0.15, 0.2) is 23.9 Å². The third-order valence-electron chi connectivity index (χ3n) is 2.77. The second-order valence-corrected chi connectivity index (χ2v) is 4.92. The monoisotopic (exact) mass is 291 g/mol. The summed E-state index contributed by atoms with van der Waals surface area (Å²) < 4.78 is 0. The number of aryl methyl sites for hydroxylation is 3. The number of benzene rings is 1. The van der Waals surface area contributed by atoms with Gasteiger partial charge in [0.25, 0.3) is 5.91 Å². The summed E-state index contributed by atoms with van der Waals surface area (Å²) in [5.41, 5.74) is 3.86. The van der Waals surface area contributed by atoms with E-state index in [0.717, 1.165) is 22.4 Å². The highest BCUT2D eigenvalue weighted by Gasteiger charge is 2.12. The van der Waals surface area contributed by atoms with Gasteiger partial charge < -0.3 is 10.6 Å². The van der Waals surface area contributed by atoms with Crippen LogP contribution in [-0.2, 0) is 4.79 Å². The van der Waals surface area contributed by atoms with Gasteiger partial charge in [0.2, 0.25) is 0 Å². The van der Waals surface area contributed by atoms with Crippen LogP contribution in [0.1, 0.15) is 16.7 Å². The molecule has 1 rings (SSSR count). The summed E-state index contributed by atoms with van der Waals surface area (Å²) in [6.07, 6.45) is 1.39. The van der Waals surface area contributed by atoms with Gasteiger partial charge in [0.05, 0.1) is 0 Å². The van der Waals surface area contributed by atoms with E-state index in [2.05, 4.69) is 10.6 Å². The molecule has 0 aliphatic carbocycles. The lowest BCUT2D eigenvalue weighted by Gasteiger charge is -2.12. The number of nitrogens with zero attached hydrogens (tertiary/aromatic N) is 1. The summed E-state index contributed by atoms with van der Waals surface area (Å²) in [6.45, 7) is 6.36. The lowest BCUT2D eigenvalue weighted by molar-refractivity contribution is -0.112. The van der Waals surface area contributed by atoms with E-state index in [0.29, 0.717) is 12.4 Å². The summed E-state index contributed by atoms with van der Waals surface area (Å²) in [5.74, 6) is -0.0165. The highest BCUT2D eigenvalue weighted by Crippen LogP contribution is 2.22. The van der Waals surface area contributed by atoms with Gasteiger partial charge in [-0.1, -0.05) is 17.7 Å². The zero-order valence-electron chi connectivity index (χ0n) is 11.9. The largest absolute Gasteiger partial charge is 0.388 e. The molecule has 0 radical (unpaired) electrons. The van der Waals surface area contributed by atoms with Gasteiger partial charge in [-0.25, -0.2) is 0 Å². The van der Waals surface area contributed by atoms with Crippen LogP contribution in [0, 0.1) is 32.1 Å². The second-order valence-electron chi connectivity index (χ2n) is 4.54. The Kier molecular flexibility index (Phi) is 6.08. The van der Waals surface area contributed by atoms with Crippen LogP contribution in [0.2, 0.25) is 0 Å². The van der Waals surface area contributed by atoms with Crippen molar-refractivity contribution in [1.82, 2.24) is 5.32 Å². The molecule has 0 aliphatic heterocycles. The van der Waals surface area contributed by atoms with Crippen molar-refractivity contribution in [3.05, 3.63) is 40.6 Å². The van der Waals surface area contributed by atoms with Crippen molar-refractivity contribution in [1.29, 1.82) is 5.26 Å². The van der Waals surface area contributed by atoms with Crippen molar-refractivity contribution in [2.24, 2.45) is 0 Å². The van der Waals surface area contributed by atoms with E-state index < -0.39 is 5.91 Å². The topological polar surface area (TPSA) is 64.9 Å². The Morgan fingerprint density at radius 3 is 2.45 bits per heavy atom. The highest BCUT2D eigenvalue weighted by molar-refractivity contribution is 6.18. The molecule has 0 saturated carbocycles. The van der Waals surface area contributed by atoms with Crippen molar-refractivity contribution in [3.63, 3.8) is 0 Å². The molecular formula is C15H18ClN3O. The first-order valence-corrected chi connectivity index (χ1v) is 6.82. The maximum atomic E-state index is 12.1. The minimum Gasteiger partial charge on any atom is -0.388 e. The van der Waals surface area contributed by atoms with Crippen LogP contribution in [0.25, 0.3) is 0 Å². The first-order chi connectivity index (χ1) is 9.49. The number of rotatable bonds is 5. The van der Waals surface area contributed by atoms with Gasteiger partial charge in [-0.05, 0) is 31.9 Å². The molecule has 0 unspecified atom stereocenters. The predicted octanol–water partition coefficient (Wildman–Crippen LogP) is 2.79. The van der Waals surface area contributed by atoms with E-state index in [4.69, 9.17) is 16.9 Å². The molecule has 0 bridgehead atoms. The van der Waals surface area contributed by atoms with Gasteiger partial charge in [0, 0.05) is 24.3 Å². The molecule has 0 spiro atoms.